The normalized spacial score (nSPS) is 33.0. The number of primary amides is 1. The molecule has 224 valence electrons. The van der Waals surface area contributed by atoms with Crippen molar-refractivity contribution in [2.24, 2.45) is 47.2 Å². The van der Waals surface area contributed by atoms with Gasteiger partial charge in [-0.15, -0.1) is 0 Å². The van der Waals surface area contributed by atoms with Crippen LogP contribution in [0.4, 0.5) is 0 Å². The van der Waals surface area contributed by atoms with Gasteiger partial charge in [0.05, 0.1) is 11.5 Å². The number of ketones is 4. The summed E-state index contributed by atoms with van der Waals surface area (Å²) in [5, 5.41) is 22.6. The lowest BCUT2D eigenvalue weighted by Crippen LogP contribution is -2.71. The third-order valence-corrected chi connectivity index (χ3v) is 10.5. The first-order valence-electron chi connectivity index (χ1n) is 15.2. The molecular weight excluding hydrogens is 546 g/mol. The predicted octanol–water partition coefficient (Wildman–Crippen LogP) is 4.08. The number of carbonyl (C=O) groups excluding carboxylic acids is 5. The molecule has 7 atom stereocenters. The van der Waals surface area contributed by atoms with Gasteiger partial charge in [0.1, 0.15) is 5.75 Å². The van der Waals surface area contributed by atoms with Crippen LogP contribution in [0, 0.1) is 41.4 Å². The fraction of sp³-hybridized carbons (Fsp3) is 0.457. The standard InChI is InChI=1S/C35H37NO7/c1-16(2)26-24-15-21-14-23-22(19-9-7-18(8-10-19)13-20-6-4-5-17(20)3)11-12-25(37)28(23)31(39)27(21)32(40)35(24,43)33(41)29(30(26)38)34(36)42/h7-13,16-17,21,24,26-27,29,37,43H,4-6,14-15H2,1-3H3,(H2,36,42)/t17?,21-,24-,26-,27?,29?,35-/m0/s1. The van der Waals surface area contributed by atoms with E-state index in [0.29, 0.717) is 11.5 Å². The number of allylic oxidation sites excluding steroid dienone is 1. The van der Waals surface area contributed by atoms with E-state index in [-0.39, 0.29) is 24.2 Å². The van der Waals surface area contributed by atoms with E-state index in [4.69, 9.17) is 5.73 Å². The summed E-state index contributed by atoms with van der Waals surface area (Å²) in [7, 11) is 0. The first-order chi connectivity index (χ1) is 20.4. The Kier molecular flexibility index (Phi) is 7.03. The van der Waals surface area contributed by atoms with Crippen LogP contribution < -0.4 is 5.73 Å². The van der Waals surface area contributed by atoms with Gasteiger partial charge < -0.3 is 15.9 Å². The summed E-state index contributed by atoms with van der Waals surface area (Å²) in [6.07, 6.45) is 6.04. The smallest absolute Gasteiger partial charge is 0.235 e. The number of hydrogen-bond donors (Lipinski definition) is 3. The number of benzene rings is 2. The SMILES string of the molecule is CC1CCCC1=Cc1ccc(-c2ccc(O)c3c2C[C@H]2C[C@H]4[C@H](C(C)C)C(=O)C(C(N)=O)C(=O)[C@@]4(O)C(=O)C2C3=O)cc1. The maximum absolute atomic E-state index is 14.0. The Morgan fingerprint density at radius 3 is 2.35 bits per heavy atom. The van der Waals surface area contributed by atoms with E-state index in [1.165, 1.54) is 24.5 Å². The molecule has 4 aliphatic carbocycles. The van der Waals surface area contributed by atoms with Crippen molar-refractivity contribution in [3.05, 3.63) is 58.7 Å². The van der Waals surface area contributed by atoms with E-state index in [1.807, 2.05) is 24.3 Å². The zero-order valence-corrected chi connectivity index (χ0v) is 24.6. The molecule has 0 saturated heterocycles. The van der Waals surface area contributed by atoms with E-state index < -0.39 is 70.1 Å². The van der Waals surface area contributed by atoms with Gasteiger partial charge >= 0.3 is 0 Å². The van der Waals surface area contributed by atoms with Crippen LogP contribution in [0.25, 0.3) is 17.2 Å². The summed E-state index contributed by atoms with van der Waals surface area (Å²) in [5.74, 6) is -10.9. The second-order valence-corrected chi connectivity index (χ2v) is 13.3. The fourth-order valence-electron chi connectivity index (χ4n) is 8.36. The molecule has 3 unspecified atom stereocenters. The van der Waals surface area contributed by atoms with Crippen molar-refractivity contribution in [3.63, 3.8) is 0 Å². The van der Waals surface area contributed by atoms with Crippen LogP contribution >= 0.6 is 0 Å². The Morgan fingerprint density at radius 2 is 1.74 bits per heavy atom. The highest BCUT2D eigenvalue weighted by molar-refractivity contribution is 6.32. The number of nitrogens with two attached hydrogens (primary N) is 1. The summed E-state index contributed by atoms with van der Waals surface area (Å²) in [5.41, 5.74) is 7.46. The second-order valence-electron chi connectivity index (χ2n) is 13.3. The molecule has 3 saturated carbocycles. The Labute approximate surface area is 250 Å². The molecule has 2 aromatic carbocycles. The van der Waals surface area contributed by atoms with Crippen LogP contribution in [-0.2, 0) is 25.6 Å². The zero-order chi connectivity index (χ0) is 31.0. The van der Waals surface area contributed by atoms with Crippen LogP contribution in [0.15, 0.2) is 42.0 Å². The van der Waals surface area contributed by atoms with Crippen LogP contribution in [0.5, 0.6) is 5.75 Å². The van der Waals surface area contributed by atoms with Crippen molar-refractivity contribution in [2.45, 2.75) is 58.5 Å². The molecule has 4 aliphatic rings. The molecule has 43 heavy (non-hydrogen) atoms. The second kappa shape index (κ2) is 10.4. The minimum atomic E-state index is -2.69. The van der Waals surface area contributed by atoms with Gasteiger partial charge in [0.2, 0.25) is 5.91 Å². The summed E-state index contributed by atoms with van der Waals surface area (Å²) in [4.78, 5) is 67.0. The van der Waals surface area contributed by atoms with Gasteiger partial charge in [0.15, 0.2) is 34.7 Å². The van der Waals surface area contributed by atoms with Gasteiger partial charge in [0, 0.05) is 11.8 Å². The van der Waals surface area contributed by atoms with Crippen molar-refractivity contribution in [1.29, 1.82) is 0 Å². The molecule has 0 heterocycles. The van der Waals surface area contributed by atoms with Crippen molar-refractivity contribution < 1.29 is 34.2 Å². The Bertz CT molecular complexity index is 1600. The van der Waals surface area contributed by atoms with Crippen LogP contribution in [0.2, 0.25) is 0 Å². The molecule has 0 radical (unpaired) electrons. The number of Topliss-reactive ketones (excluding diaryl/α,β-unsaturated/α-hetero) is 4. The maximum atomic E-state index is 14.0. The van der Waals surface area contributed by atoms with E-state index in [9.17, 15) is 34.2 Å². The van der Waals surface area contributed by atoms with Crippen molar-refractivity contribution in [1.82, 2.24) is 0 Å². The Hall–Kier alpha value is -3.91. The van der Waals surface area contributed by atoms with Gasteiger partial charge in [-0.1, -0.05) is 62.8 Å². The number of hydrogen-bond acceptors (Lipinski definition) is 7. The fourth-order valence-corrected chi connectivity index (χ4v) is 8.36. The highest BCUT2D eigenvalue weighted by atomic mass is 16.3. The number of phenolic OH excluding ortho intramolecular Hbond substituents is 1. The molecule has 8 heteroatoms. The molecule has 8 nitrogen and oxygen atoms in total. The molecule has 0 aliphatic heterocycles. The minimum absolute atomic E-state index is 0.00585. The quantitative estimate of drug-likeness (QED) is 0.459. The third kappa shape index (κ3) is 4.33. The number of carbonyl (C=O) groups is 5. The molecule has 1 amide bonds. The molecule has 2 aromatic rings. The van der Waals surface area contributed by atoms with Gasteiger partial charge in [0.25, 0.3) is 0 Å². The van der Waals surface area contributed by atoms with Crippen LogP contribution in [-0.4, -0.2) is 44.9 Å². The molecule has 0 bridgehead atoms. The molecule has 0 aromatic heterocycles. The molecule has 6 rings (SSSR count). The predicted molar refractivity (Wildman–Crippen MR) is 159 cm³/mol. The van der Waals surface area contributed by atoms with E-state index in [0.717, 1.165) is 23.1 Å². The Balaban J connectivity index is 1.41. The number of rotatable bonds is 4. The summed E-state index contributed by atoms with van der Waals surface area (Å²) < 4.78 is 0. The molecule has 0 spiro atoms. The average Bonchev–Trinajstić information content (AvgIpc) is 3.35. The zero-order valence-electron chi connectivity index (χ0n) is 24.6. The molecular formula is C35H37NO7. The first kappa shape index (κ1) is 29.2. The summed E-state index contributed by atoms with van der Waals surface area (Å²) in [6.45, 7) is 5.71. The van der Waals surface area contributed by atoms with Crippen LogP contribution in [0.1, 0.15) is 67.9 Å². The average molecular weight is 584 g/mol. The van der Waals surface area contributed by atoms with Gasteiger partial charge in [-0.05, 0) is 78.2 Å². The number of aliphatic hydroxyl groups is 1. The van der Waals surface area contributed by atoms with Crippen LogP contribution in [0.3, 0.4) is 0 Å². The van der Waals surface area contributed by atoms with Crippen molar-refractivity contribution in [3.8, 4) is 16.9 Å². The van der Waals surface area contributed by atoms with Crippen molar-refractivity contribution >= 4 is 35.1 Å². The number of amides is 1. The lowest BCUT2D eigenvalue weighted by molar-refractivity contribution is -0.182. The van der Waals surface area contributed by atoms with Gasteiger partial charge in [-0.2, -0.15) is 0 Å². The Morgan fingerprint density at radius 1 is 1.05 bits per heavy atom. The lowest BCUT2D eigenvalue weighted by atomic mass is 9.49. The summed E-state index contributed by atoms with van der Waals surface area (Å²) >= 11 is 0. The highest BCUT2D eigenvalue weighted by Gasteiger charge is 2.69. The van der Waals surface area contributed by atoms with Gasteiger partial charge in [-0.3, -0.25) is 24.0 Å². The molecule has 3 fully saturated rings. The number of phenols is 1. The van der Waals surface area contributed by atoms with Gasteiger partial charge in [-0.25, -0.2) is 0 Å². The largest absolute Gasteiger partial charge is 0.507 e. The number of fused-ring (bicyclic) bond motifs is 3. The van der Waals surface area contributed by atoms with E-state index in [1.54, 1.807) is 19.9 Å². The topological polar surface area (TPSA) is 152 Å². The monoisotopic (exact) mass is 583 g/mol. The molecule has 4 N–H and O–H groups in total. The first-order valence-corrected chi connectivity index (χ1v) is 15.2. The maximum Gasteiger partial charge on any atom is 0.235 e. The third-order valence-electron chi connectivity index (χ3n) is 10.5. The minimum Gasteiger partial charge on any atom is -0.507 e. The lowest BCUT2D eigenvalue weighted by Gasteiger charge is -2.52. The van der Waals surface area contributed by atoms with E-state index in [2.05, 4.69) is 13.0 Å². The summed E-state index contributed by atoms with van der Waals surface area (Å²) in [6, 6.07) is 11.2. The number of aromatic hydroxyl groups is 1. The highest BCUT2D eigenvalue weighted by Crippen LogP contribution is 2.53. The van der Waals surface area contributed by atoms with E-state index >= 15 is 0 Å². The van der Waals surface area contributed by atoms with Crippen molar-refractivity contribution in [2.75, 3.05) is 0 Å².